The maximum absolute atomic E-state index is 13.8. The number of guanidine groups is 1. The van der Waals surface area contributed by atoms with Gasteiger partial charge in [-0.3, -0.25) is 4.99 Å². The van der Waals surface area contributed by atoms with E-state index in [-0.39, 0.29) is 12.6 Å². The lowest BCUT2D eigenvalue weighted by Gasteiger charge is -2.22. The first kappa shape index (κ1) is 19.9. The van der Waals surface area contributed by atoms with Gasteiger partial charge in [0.05, 0.1) is 13.2 Å². The zero-order valence-electron chi connectivity index (χ0n) is 16.3. The molecule has 3 rings (SSSR count). The summed E-state index contributed by atoms with van der Waals surface area (Å²) in [4.78, 5) is 6.75. The smallest absolute Gasteiger partial charge is 0.193 e. The summed E-state index contributed by atoms with van der Waals surface area (Å²) < 4.78 is 30.4. The predicted molar refractivity (Wildman–Crippen MR) is 103 cm³/mol. The summed E-state index contributed by atoms with van der Waals surface area (Å²) in [6, 6.07) is 3.00. The molecule has 1 fully saturated rings. The van der Waals surface area contributed by atoms with E-state index in [2.05, 4.69) is 15.2 Å². The van der Waals surface area contributed by atoms with Crippen LogP contribution in [0.3, 0.4) is 0 Å². The summed E-state index contributed by atoms with van der Waals surface area (Å²) >= 11 is 0. The highest BCUT2D eigenvalue weighted by Gasteiger charge is 2.21. The van der Waals surface area contributed by atoms with Gasteiger partial charge < -0.3 is 24.4 Å². The summed E-state index contributed by atoms with van der Waals surface area (Å²) in [5.41, 5.74) is 1.60. The summed E-state index contributed by atoms with van der Waals surface area (Å²) in [6.45, 7) is 6.34. The van der Waals surface area contributed by atoms with E-state index in [1.165, 1.54) is 25.0 Å². The van der Waals surface area contributed by atoms with Crippen molar-refractivity contribution < 1.29 is 18.6 Å². The molecule has 1 aromatic carbocycles. The van der Waals surface area contributed by atoms with Crippen LogP contribution < -0.4 is 10.1 Å². The number of benzene rings is 1. The third-order valence-electron chi connectivity index (χ3n) is 4.71. The molecule has 7 heteroatoms. The first-order valence-corrected chi connectivity index (χ1v) is 9.76. The van der Waals surface area contributed by atoms with Crippen molar-refractivity contribution in [3.63, 3.8) is 0 Å². The Kier molecular flexibility index (Phi) is 7.29. The van der Waals surface area contributed by atoms with Gasteiger partial charge in [0.2, 0.25) is 0 Å². The van der Waals surface area contributed by atoms with Crippen LogP contribution in [-0.4, -0.2) is 57.5 Å². The molecule has 0 unspecified atom stereocenters. The summed E-state index contributed by atoms with van der Waals surface area (Å²) in [5, 5.41) is 3.30. The minimum Gasteiger partial charge on any atom is -0.467 e. The van der Waals surface area contributed by atoms with Crippen molar-refractivity contribution >= 4 is 5.96 Å². The molecule has 2 aliphatic rings. The third kappa shape index (κ3) is 6.07. The number of likely N-dealkylation sites (N-methyl/N-ethyl adjacent to an activating group) is 1. The predicted octanol–water partition coefficient (Wildman–Crippen LogP) is 2.56. The Morgan fingerprint density at radius 3 is 3.04 bits per heavy atom. The Balaban J connectivity index is 1.54. The molecule has 1 aliphatic carbocycles. The SMILES string of the molecule is CCNC(=NCCc1cc(F)cc2c1OCOC2)N(C)CCOCC1CC1. The fraction of sp³-hybridized carbons (Fsp3) is 0.650. The van der Waals surface area contributed by atoms with Gasteiger partial charge in [0.1, 0.15) is 11.6 Å². The molecule has 150 valence electrons. The van der Waals surface area contributed by atoms with Crippen LogP contribution in [0.1, 0.15) is 30.9 Å². The number of fused-ring (bicyclic) bond motifs is 1. The monoisotopic (exact) mass is 379 g/mol. The number of rotatable bonds is 9. The Morgan fingerprint density at radius 2 is 2.26 bits per heavy atom. The van der Waals surface area contributed by atoms with Gasteiger partial charge in [-0.15, -0.1) is 0 Å². The fourth-order valence-electron chi connectivity index (χ4n) is 3.04. The largest absolute Gasteiger partial charge is 0.467 e. The van der Waals surface area contributed by atoms with Crippen LogP contribution in [0.5, 0.6) is 5.75 Å². The van der Waals surface area contributed by atoms with E-state index in [4.69, 9.17) is 14.2 Å². The van der Waals surface area contributed by atoms with Gasteiger partial charge in [0.15, 0.2) is 12.8 Å². The van der Waals surface area contributed by atoms with Gasteiger partial charge >= 0.3 is 0 Å². The molecule has 0 radical (unpaired) electrons. The normalized spacial score (nSPS) is 16.6. The first-order chi connectivity index (χ1) is 13.2. The molecule has 1 aliphatic heterocycles. The van der Waals surface area contributed by atoms with Crippen molar-refractivity contribution in [1.29, 1.82) is 0 Å². The lowest BCUT2D eigenvalue weighted by Crippen LogP contribution is -2.40. The Morgan fingerprint density at radius 1 is 1.41 bits per heavy atom. The van der Waals surface area contributed by atoms with Crippen LogP contribution in [-0.2, 0) is 22.5 Å². The van der Waals surface area contributed by atoms with E-state index < -0.39 is 0 Å². The van der Waals surface area contributed by atoms with Crippen molar-refractivity contribution in [2.45, 2.75) is 32.8 Å². The molecular weight excluding hydrogens is 349 g/mol. The number of halogens is 1. The van der Waals surface area contributed by atoms with Crippen molar-refractivity contribution in [3.05, 3.63) is 29.1 Å². The van der Waals surface area contributed by atoms with Crippen LogP contribution >= 0.6 is 0 Å². The number of hydrogen-bond donors (Lipinski definition) is 1. The maximum atomic E-state index is 13.8. The number of hydrogen-bond acceptors (Lipinski definition) is 4. The molecule has 0 saturated heterocycles. The topological polar surface area (TPSA) is 55.3 Å². The first-order valence-electron chi connectivity index (χ1n) is 9.76. The zero-order chi connectivity index (χ0) is 19.1. The molecule has 0 aromatic heterocycles. The molecule has 1 aromatic rings. The van der Waals surface area contributed by atoms with E-state index in [1.807, 2.05) is 14.0 Å². The van der Waals surface area contributed by atoms with E-state index in [0.29, 0.717) is 26.2 Å². The molecule has 1 heterocycles. The highest BCUT2D eigenvalue weighted by molar-refractivity contribution is 5.79. The molecule has 0 spiro atoms. The Labute approximate surface area is 160 Å². The van der Waals surface area contributed by atoms with Crippen molar-refractivity contribution in [2.24, 2.45) is 10.9 Å². The van der Waals surface area contributed by atoms with Gasteiger partial charge in [0.25, 0.3) is 0 Å². The number of aliphatic imine (C=N–C) groups is 1. The fourth-order valence-corrected chi connectivity index (χ4v) is 3.04. The molecular formula is C20H30FN3O3. The van der Waals surface area contributed by atoms with Gasteiger partial charge in [-0.2, -0.15) is 0 Å². The molecule has 27 heavy (non-hydrogen) atoms. The number of ether oxygens (including phenoxy) is 3. The number of nitrogens with zero attached hydrogens (tertiary/aromatic N) is 2. The van der Waals surface area contributed by atoms with Crippen LogP contribution in [0.15, 0.2) is 17.1 Å². The quantitative estimate of drug-likeness (QED) is 0.406. The Hall–Kier alpha value is -1.86. The van der Waals surface area contributed by atoms with Gasteiger partial charge in [-0.05, 0) is 49.8 Å². The van der Waals surface area contributed by atoms with Gasteiger partial charge in [0, 0.05) is 38.9 Å². The molecule has 6 nitrogen and oxygen atoms in total. The van der Waals surface area contributed by atoms with Crippen LogP contribution in [0, 0.1) is 11.7 Å². The summed E-state index contributed by atoms with van der Waals surface area (Å²) in [7, 11) is 2.01. The minimum absolute atomic E-state index is 0.209. The lowest BCUT2D eigenvalue weighted by atomic mass is 10.1. The van der Waals surface area contributed by atoms with E-state index in [0.717, 1.165) is 48.5 Å². The molecule has 1 N–H and O–H groups in total. The lowest BCUT2D eigenvalue weighted by molar-refractivity contribution is -0.0172. The highest BCUT2D eigenvalue weighted by atomic mass is 19.1. The van der Waals surface area contributed by atoms with Gasteiger partial charge in [-0.25, -0.2) is 4.39 Å². The minimum atomic E-state index is -0.265. The summed E-state index contributed by atoms with van der Waals surface area (Å²) in [5.74, 6) is 2.09. The molecule has 1 saturated carbocycles. The van der Waals surface area contributed by atoms with Crippen LogP contribution in [0.25, 0.3) is 0 Å². The molecule has 0 amide bonds. The zero-order valence-corrected chi connectivity index (χ0v) is 16.3. The van der Waals surface area contributed by atoms with E-state index >= 15 is 0 Å². The second-order valence-corrected chi connectivity index (χ2v) is 7.09. The second kappa shape index (κ2) is 9.90. The summed E-state index contributed by atoms with van der Waals surface area (Å²) in [6.07, 6.45) is 3.22. The second-order valence-electron chi connectivity index (χ2n) is 7.09. The van der Waals surface area contributed by atoms with Crippen LogP contribution in [0.2, 0.25) is 0 Å². The third-order valence-corrected chi connectivity index (χ3v) is 4.71. The highest BCUT2D eigenvalue weighted by Crippen LogP contribution is 2.30. The van der Waals surface area contributed by atoms with Crippen LogP contribution in [0.4, 0.5) is 4.39 Å². The van der Waals surface area contributed by atoms with Crippen molar-refractivity contribution in [2.75, 3.05) is 46.7 Å². The Bertz CT molecular complexity index is 650. The van der Waals surface area contributed by atoms with Crippen molar-refractivity contribution in [3.8, 4) is 5.75 Å². The molecule has 0 atom stereocenters. The van der Waals surface area contributed by atoms with E-state index in [1.54, 1.807) is 0 Å². The number of nitrogens with one attached hydrogen (secondary N) is 1. The van der Waals surface area contributed by atoms with E-state index in [9.17, 15) is 4.39 Å². The van der Waals surface area contributed by atoms with Gasteiger partial charge in [-0.1, -0.05) is 0 Å². The molecule has 0 bridgehead atoms. The average molecular weight is 379 g/mol. The standard InChI is InChI=1S/C20H30FN3O3/c1-3-22-20(24(2)8-9-25-12-15-4-5-15)23-7-6-16-10-18(21)11-17-13-26-14-27-19(16)17/h10-11,15H,3-9,12-14H2,1-2H3,(H,22,23). The van der Waals surface area contributed by atoms with Crippen molar-refractivity contribution in [1.82, 2.24) is 10.2 Å². The average Bonchev–Trinajstić information content (AvgIpc) is 3.48. The maximum Gasteiger partial charge on any atom is 0.193 e.